The Bertz CT molecular complexity index is 295. The van der Waals surface area contributed by atoms with E-state index < -0.39 is 0 Å². The van der Waals surface area contributed by atoms with Gasteiger partial charge in [0.1, 0.15) is 0 Å². The molecule has 0 bridgehead atoms. The standard InChI is InChI=1S/C8H14N4OS/c9-7-10-8(14-11-7)12-3-1-6(5-13)2-4-12/h6,13H,1-5H2,(H2,9,11). The first-order valence-electron chi connectivity index (χ1n) is 4.74. The fourth-order valence-corrected chi connectivity index (χ4v) is 2.31. The van der Waals surface area contributed by atoms with Crippen LogP contribution in [0, 0.1) is 5.92 Å². The lowest BCUT2D eigenvalue weighted by Crippen LogP contribution is -2.34. The molecule has 0 saturated carbocycles. The van der Waals surface area contributed by atoms with Crippen molar-refractivity contribution in [3.63, 3.8) is 0 Å². The predicted molar refractivity (Wildman–Crippen MR) is 56.3 cm³/mol. The molecule has 0 spiro atoms. The monoisotopic (exact) mass is 214 g/mol. The van der Waals surface area contributed by atoms with E-state index in [9.17, 15) is 0 Å². The second kappa shape index (κ2) is 4.10. The quantitative estimate of drug-likeness (QED) is 0.742. The first kappa shape index (κ1) is 9.67. The highest BCUT2D eigenvalue weighted by atomic mass is 32.1. The number of aliphatic hydroxyl groups is 1. The van der Waals surface area contributed by atoms with E-state index in [1.165, 1.54) is 11.5 Å². The van der Waals surface area contributed by atoms with Crippen molar-refractivity contribution in [2.24, 2.45) is 5.92 Å². The second-order valence-electron chi connectivity index (χ2n) is 3.55. The van der Waals surface area contributed by atoms with Gasteiger partial charge in [0.05, 0.1) is 0 Å². The van der Waals surface area contributed by atoms with E-state index in [2.05, 4.69) is 14.3 Å². The molecule has 0 unspecified atom stereocenters. The molecule has 2 heterocycles. The molecule has 6 heteroatoms. The van der Waals surface area contributed by atoms with Gasteiger partial charge in [0.2, 0.25) is 11.1 Å². The third-order valence-corrected chi connectivity index (χ3v) is 3.37. The highest BCUT2D eigenvalue weighted by Gasteiger charge is 2.20. The summed E-state index contributed by atoms with van der Waals surface area (Å²) in [4.78, 5) is 6.31. The van der Waals surface area contributed by atoms with Crippen molar-refractivity contribution in [3.8, 4) is 0 Å². The van der Waals surface area contributed by atoms with Gasteiger partial charge < -0.3 is 15.7 Å². The third kappa shape index (κ3) is 1.96. The molecule has 0 aromatic carbocycles. The molecular formula is C8H14N4OS. The van der Waals surface area contributed by atoms with Crippen LogP contribution in [0.3, 0.4) is 0 Å². The molecule has 5 nitrogen and oxygen atoms in total. The van der Waals surface area contributed by atoms with Gasteiger partial charge in [-0.25, -0.2) is 0 Å². The van der Waals surface area contributed by atoms with Crippen molar-refractivity contribution in [2.75, 3.05) is 30.3 Å². The Morgan fingerprint density at radius 1 is 1.50 bits per heavy atom. The molecule has 0 atom stereocenters. The number of aromatic nitrogens is 2. The molecule has 1 aliphatic heterocycles. The summed E-state index contributed by atoms with van der Waals surface area (Å²) in [6.45, 7) is 2.19. The minimum Gasteiger partial charge on any atom is -0.396 e. The minimum absolute atomic E-state index is 0.298. The zero-order chi connectivity index (χ0) is 9.97. The highest BCUT2D eigenvalue weighted by molar-refractivity contribution is 7.09. The van der Waals surface area contributed by atoms with Gasteiger partial charge in [0, 0.05) is 31.2 Å². The Balaban J connectivity index is 1.95. The third-order valence-electron chi connectivity index (χ3n) is 2.57. The number of nitrogens with zero attached hydrogens (tertiary/aromatic N) is 3. The highest BCUT2D eigenvalue weighted by Crippen LogP contribution is 2.24. The maximum absolute atomic E-state index is 8.99. The van der Waals surface area contributed by atoms with Crippen molar-refractivity contribution in [1.29, 1.82) is 0 Å². The van der Waals surface area contributed by atoms with Crippen molar-refractivity contribution in [3.05, 3.63) is 0 Å². The van der Waals surface area contributed by atoms with Gasteiger partial charge in [-0.2, -0.15) is 9.36 Å². The Labute approximate surface area is 86.7 Å². The van der Waals surface area contributed by atoms with Crippen LogP contribution < -0.4 is 10.6 Å². The van der Waals surface area contributed by atoms with E-state index in [-0.39, 0.29) is 0 Å². The molecule has 1 saturated heterocycles. The van der Waals surface area contributed by atoms with Crippen molar-refractivity contribution >= 4 is 22.6 Å². The fourth-order valence-electron chi connectivity index (χ4n) is 1.66. The first-order valence-corrected chi connectivity index (χ1v) is 5.52. The molecule has 14 heavy (non-hydrogen) atoms. The van der Waals surface area contributed by atoms with E-state index in [1.54, 1.807) is 0 Å². The zero-order valence-corrected chi connectivity index (χ0v) is 8.70. The summed E-state index contributed by atoms with van der Waals surface area (Å²) in [5, 5.41) is 9.89. The molecule has 3 N–H and O–H groups in total. The lowest BCUT2D eigenvalue weighted by atomic mass is 9.98. The van der Waals surface area contributed by atoms with Crippen LogP contribution in [0.1, 0.15) is 12.8 Å². The van der Waals surface area contributed by atoms with E-state index in [4.69, 9.17) is 10.8 Å². The Morgan fingerprint density at radius 3 is 2.71 bits per heavy atom. The minimum atomic E-state index is 0.298. The summed E-state index contributed by atoms with van der Waals surface area (Å²) in [5.74, 6) is 0.811. The number of aliphatic hydroxyl groups excluding tert-OH is 1. The van der Waals surface area contributed by atoms with Crippen LogP contribution >= 0.6 is 11.5 Å². The Kier molecular flexibility index (Phi) is 2.83. The van der Waals surface area contributed by atoms with Crippen LogP contribution in [0.15, 0.2) is 0 Å². The van der Waals surface area contributed by atoms with E-state index in [0.29, 0.717) is 18.5 Å². The summed E-state index contributed by atoms with van der Waals surface area (Å²) in [6, 6.07) is 0. The number of nitrogen functional groups attached to an aromatic ring is 1. The van der Waals surface area contributed by atoms with Gasteiger partial charge in [0.25, 0.3) is 0 Å². The topological polar surface area (TPSA) is 75.3 Å². The normalized spacial score (nSPS) is 18.8. The second-order valence-corrected chi connectivity index (χ2v) is 4.28. The maximum Gasteiger partial charge on any atom is 0.233 e. The largest absolute Gasteiger partial charge is 0.396 e. The molecular weight excluding hydrogens is 200 g/mol. The van der Waals surface area contributed by atoms with Crippen LogP contribution in [0.2, 0.25) is 0 Å². The van der Waals surface area contributed by atoms with Crippen LogP contribution in [0.5, 0.6) is 0 Å². The molecule has 1 aromatic rings. The first-order chi connectivity index (χ1) is 6.79. The van der Waals surface area contributed by atoms with Crippen LogP contribution in [-0.2, 0) is 0 Å². The molecule has 1 aromatic heterocycles. The van der Waals surface area contributed by atoms with Crippen molar-refractivity contribution in [2.45, 2.75) is 12.8 Å². The van der Waals surface area contributed by atoms with Gasteiger partial charge in [-0.1, -0.05) is 0 Å². The summed E-state index contributed by atoms with van der Waals surface area (Å²) in [6.07, 6.45) is 2.05. The Morgan fingerprint density at radius 2 is 2.21 bits per heavy atom. The van der Waals surface area contributed by atoms with Crippen molar-refractivity contribution < 1.29 is 5.11 Å². The van der Waals surface area contributed by atoms with E-state index in [0.717, 1.165) is 31.1 Å². The van der Waals surface area contributed by atoms with E-state index in [1.807, 2.05) is 0 Å². The average Bonchev–Trinajstić information content (AvgIpc) is 2.65. The SMILES string of the molecule is Nc1nsc(N2CCC(CO)CC2)n1. The predicted octanol–water partition coefficient (Wildman–Crippen LogP) is 0.329. The van der Waals surface area contributed by atoms with Crippen LogP contribution in [0.4, 0.5) is 11.1 Å². The lowest BCUT2D eigenvalue weighted by molar-refractivity contribution is 0.203. The van der Waals surface area contributed by atoms with Gasteiger partial charge >= 0.3 is 0 Å². The smallest absolute Gasteiger partial charge is 0.233 e. The molecule has 0 amide bonds. The fraction of sp³-hybridized carbons (Fsp3) is 0.750. The Hall–Kier alpha value is -0.880. The van der Waals surface area contributed by atoms with Gasteiger partial charge in [-0.05, 0) is 18.8 Å². The molecule has 0 radical (unpaired) electrons. The molecule has 1 fully saturated rings. The maximum atomic E-state index is 8.99. The summed E-state index contributed by atoms with van der Waals surface area (Å²) in [7, 11) is 0. The molecule has 0 aliphatic carbocycles. The number of rotatable bonds is 2. The van der Waals surface area contributed by atoms with Gasteiger partial charge in [-0.3, -0.25) is 0 Å². The average molecular weight is 214 g/mol. The summed E-state index contributed by atoms with van der Waals surface area (Å²) >= 11 is 1.34. The van der Waals surface area contributed by atoms with Crippen molar-refractivity contribution in [1.82, 2.24) is 9.36 Å². The molecule has 78 valence electrons. The van der Waals surface area contributed by atoms with Gasteiger partial charge in [0.15, 0.2) is 0 Å². The van der Waals surface area contributed by atoms with Crippen LogP contribution in [-0.4, -0.2) is 34.2 Å². The van der Waals surface area contributed by atoms with E-state index >= 15 is 0 Å². The summed E-state index contributed by atoms with van der Waals surface area (Å²) < 4.78 is 3.95. The summed E-state index contributed by atoms with van der Waals surface area (Å²) in [5.41, 5.74) is 5.46. The van der Waals surface area contributed by atoms with Crippen LogP contribution in [0.25, 0.3) is 0 Å². The molecule has 2 rings (SSSR count). The number of piperidine rings is 1. The lowest BCUT2D eigenvalue weighted by Gasteiger charge is -2.30. The number of hydrogen-bond donors (Lipinski definition) is 2. The molecule has 1 aliphatic rings. The zero-order valence-electron chi connectivity index (χ0n) is 7.89. The van der Waals surface area contributed by atoms with Gasteiger partial charge in [-0.15, -0.1) is 0 Å². The number of nitrogens with two attached hydrogens (primary N) is 1. The number of anilines is 2. The number of hydrogen-bond acceptors (Lipinski definition) is 6.